The van der Waals surface area contributed by atoms with E-state index in [0.29, 0.717) is 6.07 Å². The van der Waals surface area contributed by atoms with Crippen LogP contribution in [-0.4, -0.2) is 29.1 Å². The number of halogens is 2. The van der Waals surface area contributed by atoms with Gasteiger partial charge in [-0.1, -0.05) is 0 Å². The van der Waals surface area contributed by atoms with Gasteiger partial charge in [0.25, 0.3) is 0 Å². The first-order valence-electron chi connectivity index (χ1n) is 5.83. The highest BCUT2D eigenvalue weighted by atomic mass is 19.1. The van der Waals surface area contributed by atoms with Crippen LogP contribution in [-0.2, 0) is 9.59 Å². The van der Waals surface area contributed by atoms with E-state index in [1.165, 1.54) is 0 Å². The standard InChI is InChI=1S/C12H13F2N3O4/c13-6-1-2-8(7(14)5-6)16-12(21)17-9(11(19)20)3-4-10(15)18/h1-2,5,9H,3-4H2,(H2,15,18)(H,19,20)(H2,16,17,21). The third-order valence-corrected chi connectivity index (χ3v) is 2.46. The number of urea groups is 1. The van der Waals surface area contributed by atoms with Gasteiger partial charge >= 0.3 is 12.0 Å². The van der Waals surface area contributed by atoms with Gasteiger partial charge in [0, 0.05) is 12.5 Å². The Hall–Kier alpha value is -2.71. The van der Waals surface area contributed by atoms with E-state index in [4.69, 9.17) is 10.8 Å². The molecule has 0 fully saturated rings. The summed E-state index contributed by atoms with van der Waals surface area (Å²) in [5.74, 6) is -3.91. The number of hydrogen-bond acceptors (Lipinski definition) is 3. The van der Waals surface area contributed by atoms with Crippen molar-refractivity contribution in [2.24, 2.45) is 5.73 Å². The number of aliphatic carboxylic acids is 1. The quantitative estimate of drug-likeness (QED) is 0.621. The fourth-order valence-electron chi connectivity index (χ4n) is 1.45. The first kappa shape index (κ1) is 16.3. The Morgan fingerprint density at radius 1 is 1.29 bits per heavy atom. The summed E-state index contributed by atoms with van der Waals surface area (Å²) in [4.78, 5) is 33.0. The molecule has 0 aliphatic heterocycles. The zero-order valence-corrected chi connectivity index (χ0v) is 10.7. The number of carboxylic acids is 1. The van der Waals surface area contributed by atoms with E-state index in [1.54, 1.807) is 0 Å². The minimum atomic E-state index is -1.37. The first-order valence-corrected chi connectivity index (χ1v) is 5.83. The third-order valence-electron chi connectivity index (χ3n) is 2.46. The molecule has 0 aliphatic rings. The van der Waals surface area contributed by atoms with Crippen LogP contribution < -0.4 is 16.4 Å². The monoisotopic (exact) mass is 301 g/mol. The van der Waals surface area contributed by atoms with Gasteiger partial charge in [0.05, 0.1) is 5.69 Å². The molecule has 0 radical (unpaired) electrons. The molecule has 5 N–H and O–H groups in total. The predicted octanol–water partition coefficient (Wildman–Crippen LogP) is 0.805. The van der Waals surface area contributed by atoms with E-state index in [2.05, 4.69) is 0 Å². The van der Waals surface area contributed by atoms with E-state index in [-0.39, 0.29) is 18.5 Å². The molecule has 0 aliphatic carbocycles. The second kappa shape index (κ2) is 7.17. The Kier molecular flexibility index (Phi) is 5.58. The maximum Gasteiger partial charge on any atom is 0.326 e. The third kappa shape index (κ3) is 5.43. The highest BCUT2D eigenvalue weighted by Crippen LogP contribution is 2.14. The highest BCUT2D eigenvalue weighted by molar-refractivity contribution is 5.92. The Labute approximate surface area is 118 Å². The molecule has 21 heavy (non-hydrogen) atoms. The minimum Gasteiger partial charge on any atom is -0.480 e. The largest absolute Gasteiger partial charge is 0.480 e. The maximum absolute atomic E-state index is 13.3. The van der Waals surface area contributed by atoms with E-state index < -0.39 is 35.6 Å². The zero-order chi connectivity index (χ0) is 16.0. The lowest BCUT2D eigenvalue weighted by Gasteiger charge is -2.14. The molecule has 1 unspecified atom stereocenters. The van der Waals surface area contributed by atoms with Gasteiger partial charge in [0.2, 0.25) is 5.91 Å². The second-order valence-electron chi connectivity index (χ2n) is 4.12. The van der Waals surface area contributed by atoms with Crippen molar-refractivity contribution in [3.8, 4) is 0 Å². The van der Waals surface area contributed by atoms with E-state index in [1.807, 2.05) is 10.6 Å². The summed E-state index contributed by atoms with van der Waals surface area (Å²) >= 11 is 0. The van der Waals surface area contributed by atoms with Crippen molar-refractivity contribution in [2.75, 3.05) is 5.32 Å². The Balaban J connectivity index is 2.65. The first-order chi connectivity index (χ1) is 9.79. The van der Waals surface area contributed by atoms with Gasteiger partial charge in [-0.15, -0.1) is 0 Å². The maximum atomic E-state index is 13.3. The van der Waals surface area contributed by atoms with Crippen LogP contribution in [0.5, 0.6) is 0 Å². The molecule has 0 aromatic heterocycles. The van der Waals surface area contributed by atoms with Crippen molar-refractivity contribution >= 4 is 23.6 Å². The average molecular weight is 301 g/mol. The normalized spacial score (nSPS) is 11.5. The molecule has 9 heteroatoms. The molecule has 0 saturated heterocycles. The van der Waals surface area contributed by atoms with Gasteiger partial charge in [-0.25, -0.2) is 18.4 Å². The van der Waals surface area contributed by atoms with Crippen molar-refractivity contribution in [2.45, 2.75) is 18.9 Å². The van der Waals surface area contributed by atoms with Crippen molar-refractivity contribution in [3.05, 3.63) is 29.8 Å². The minimum absolute atomic E-state index is 0.204. The second-order valence-corrected chi connectivity index (χ2v) is 4.12. The molecule has 3 amide bonds. The van der Waals surface area contributed by atoms with Crippen molar-refractivity contribution in [1.29, 1.82) is 0 Å². The molecule has 7 nitrogen and oxygen atoms in total. The molecular formula is C12H13F2N3O4. The van der Waals surface area contributed by atoms with Crippen LogP contribution in [0, 0.1) is 11.6 Å². The number of rotatable bonds is 6. The lowest BCUT2D eigenvalue weighted by atomic mass is 10.1. The number of hydrogen-bond donors (Lipinski definition) is 4. The van der Waals surface area contributed by atoms with E-state index >= 15 is 0 Å². The Bertz CT molecular complexity index is 565. The van der Waals surface area contributed by atoms with Crippen LogP contribution in [0.2, 0.25) is 0 Å². The van der Waals surface area contributed by atoms with Crippen LogP contribution >= 0.6 is 0 Å². The van der Waals surface area contributed by atoms with Gasteiger partial charge in [-0.05, 0) is 18.6 Å². The summed E-state index contributed by atoms with van der Waals surface area (Å²) in [7, 11) is 0. The number of nitrogens with two attached hydrogens (primary N) is 1. The Morgan fingerprint density at radius 2 is 1.95 bits per heavy atom. The number of primary amides is 1. The van der Waals surface area contributed by atoms with Crippen molar-refractivity contribution in [3.63, 3.8) is 0 Å². The summed E-state index contributed by atoms with van der Waals surface area (Å²) in [6, 6.07) is 0.125. The Morgan fingerprint density at radius 3 is 2.48 bits per heavy atom. The molecule has 0 bridgehead atoms. The number of benzene rings is 1. The molecule has 0 spiro atoms. The van der Waals surface area contributed by atoms with Crippen LogP contribution in [0.25, 0.3) is 0 Å². The van der Waals surface area contributed by atoms with Gasteiger partial charge < -0.3 is 21.5 Å². The molecule has 1 aromatic rings. The smallest absolute Gasteiger partial charge is 0.326 e. The number of anilines is 1. The number of carbonyl (C=O) groups is 3. The van der Waals surface area contributed by atoms with Crippen LogP contribution in [0.1, 0.15) is 12.8 Å². The number of nitrogens with one attached hydrogen (secondary N) is 2. The molecule has 1 aromatic carbocycles. The van der Waals surface area contributed by atoms with Gasteiger partial charge in [-0.3, -0.25) is 4.79 Å². The molecule has 1 rings (SSSR count). The molecule has 0 saturated carbocycles. The van der Waals surface area contributed by atoms with Crippen LogP contribution in [0.4, 0.5) is 19.3 Å². The van der Waals surface area contributed by atoms with Crippen LogP contribution in [0.15, 0.2) is 18.2 Å². The molecule has 1 atom stereocenters. The SMILES string of the molecule is NC(=O)CCC(NC(=O)Nc1ccc(F)cc1F)C(=O)O. The summed E-state index contributed by atoms with van der Waals surface area (Å²) < 4.78 is 26.0. The summed E-state index contributed by atoms with van der Waals surface area (Å²) in [5, 5.41) is 13.0. The summed E-state index contributed by atoms with van der Waals surface area (Å²) in [6.07, 6.45) is -0.438. The van der Waals surface area contributed by atoms with Gasteiger partial charge in [0.1, 0.15) is 17.7 Å². The lowest BCUT2D eigenvalue weighted by Crippen LogP contribution is -2.43. The number of amides is 3. The highest BCUT2D eigenvalue weighted by Gasteiger charge is 2.21. The molecule has 0 heterocycles. The topological polar surface area (TPSA) is 122 Å². The number of carboxylic acid groups (broad SMARTS) is 1. The number of carbonyl (C=O) groups excluding carboxylic acids is 2. The average Bonchev–Trinajstić information content (AvgIpc) is 2.37. The molecular weight excluding hydrogens is 288 g/mol. The van der Waals surface area contributed by atoms with Crippen molar-refractivity contribution < 1.29 is 28.3 Å². The van der Waals surface area contributed by atoms with E-state index in [0.717, 1.165) is 12.1 Å². The summed E-state index contributed by atoms with van der Waals surface area (Å²) in [6.45, 7) is 0. The van der Waals surface area contributed by atoms with Crippen LogP contribution in [0.3, 0.4) is 0 Å². The summed E-state index contributed by atoms with van der Waals surface area (Å²) in [5.41, 5.74) is 4.57. The fourth-order valence-corrected chi connectivity index (χ4v) is 1.45. The zero-order valence-electron chi connectivity index (χ0n) is 10.7. The molecule has 114 valence electrons. The van der Waals surface area contributed by atoms with E-state index in [9.17, 15) is 23.2 Å². The van der Waals surface area contributed by atoms with Crippen molar-refractivity contribution in [1.82, 2.24) is 5.32 Å². The van der Waals surface area contributed by atoms with Gasteiger partial charge in [0.15, 0.2) is 0 Å². The fraction of sp³-hybridized carbons (Fsp3) is 0.250. The predicted molar refractivity (Wildman–Crippen MR) is 68.4 cm³/mol. The van der Waals surface area contributed by atoms with Gasteiger partial charge in [-0.2, -0.15) is 0 Å². The lowest BCUT2D eigenvalue weighted by molar-refractivity contribution is -0.139.